The van der Waals surface area contributed by atoms with Gasteiger partial charge in [0.05, 0.1) is 10.6 Å². The summed E-state index contributed by atoms with van der Waals surface area (Å²) in [5, 5.41) is 0. The van der Waals surface area contributed by atoms with Crippen molar-refractivity contribution in [1.82, 2.24) is 0 Å². The van der Waals surface area contributed by atoms with Gasteiger partial charge in [-0.05, 0) is 103 Å². The third kappa shape index (κ3) is 6.06. The summed E-state index contributed by atoms with van der Waals surface area (Å²) in [6.07, 6.45) is 15.7. The first-order chi connectivity index (χ1) is 19.8. The average Bonchev–Trinajstić information content (AvgIpc) is 3.30. The summed E-state index contributed by atoms with van der Waals surface area (Å²) in [6.45, 7) is 16.2. The number of sulfone groups is 1. The molecule has 5 heteroatoms. The molecule has 0 bridgehead atoms. The molecule has 1 aromatic carbocycles. The number of hydrogen-bond donors (Lipinski definition) is 0. The van der Waals surface area contributed by atoms with E-state index in [9.17, 15) is 13.2 Å². The Balaban J connectivity index is 1.21. The highest BCUT2D eigenvalue weighted by atomic mass is 32.2. The molecule has 232 valence electrons. The van der Waals surface area contributed by atoms with E-state index < -0.39 is 21.6 Å². The van der Waals surface area contributed by atoms with Crippen molar-refractivity contribution in [3.8, 4) is 0 Å². The van der Waals surface area contributed by atoms with Crippen LogP contribution < -0.4 is 0 Å². The van der Waals surface area contributed by atoms with Crippen LogP contribution in [0.25, 0.3) is 0 Å². The number of allylic oxidation sites excluding steroid dienone is 1. The van der Waals surface area contributed by atoms with Crippen molar-refractivity contribution < 1.29 is 17.9 Å². The molecule has 0 N–H and O–H groups in total. The van der Waals surface area contributed by atoms with Gasteiger partial charge in [-0.25, -0.2) is 13.2 Å². The van der Waals surface area contributed by atoms with Crippen LogP contribution >= 0.6 is 0 Å². The molecule has 5 rings (SSSR count). The van der Waals surface area contributed by atoms with Crippen LogP contribution in [-0.4, -0.2) is 26.2 Å². The number of hydrogen-bond acceptors (Lipinski definition) is 4. The van der Waals surface area contributed by atoms with Gasteiger partial charge in [0.2, 0.25) is 0 Å². The Hall–Kier alpha value is -1.88. The van der Waals surface area contributed by atoms with Gasteiger partial charge in [0.25, 0.3) is 0 Å². The van der Waals surface area contributed by atoms with Crippen molar-refractivity contribution in [2.75, 3.05) is 5.75 Å². The molecule has 0 heterocycles. The number of ether oxygens (including phenoxy) is 1. The second-order valence-corrected chi connectivity index (χ2v) is 17.2. The van der Waals surface area contributed by atoms with Crippen molar-refractivity contribution in [2.45, 2.75) is 116 Å². The highest BCUT2D eigenvalue weighted by Crippen LogP contribution is 2.67. The molecule has 1 unspecified atom stereocenters. The lowest BCUT2D eigenvalue weighted by molar-refractivity contribution is -0.146. The van der Waals surface area contributed by atoms with Crippen molar-refractivity contribution in [1.29, 1.82) is 0 Å². The molecule has 4 nitrogen and oxygen atoms in total. The third-order valence-electron chi connectivity index (χ3n) is 12.3. The number of carbonyl (C=O) groups is 1. The van der Waals surface area contributed by atoms with Crippen molar-refractivity contribution in [3.63, 3.8) is 0 Å². The third-order valence-corrected chi connectivity index (χ3v) is 14.0. The van der Waals surface area contributed by atoms with E-state index in [1.807, 2.05) is 0 Å². The maximum atomic E-state index is 12.9. The smallest absolute Gasteiger partial charge is 0.334 e. The summed E-state index contributed by atoms with van der Waals surface area (Å²) in [5.74, 6) is 3.81. The van der Waals surface area contributed by atoms with Crippen molar-refractivity contribution in [3.05, 3.63) is 54.1 Å². The lowest BCUT2D eigenvalue weighted by atomic mass is 9.47. The number of rotatable bonds is 10. The molecule has 0 saturated heterocycles. The standard InChI is InChI=1S/C37H54O4S/c1-25(2)11-10-12-26(3)32-17-18-33-31-16-15-28-23-29(19-21-36(28,5)34(31)20-22-37(32,33)6)41-35(38)27(4)24-42(39,40)30-13-8-7-9-14-30/h7-9,13-15,25-26,29,31-34H,4,10-12,16-24H2,1-3,5-6H3/t26-,29+,31?,32-,33+,34+,36+,37-/m1/s1. The molecular formula is C37H54O4S. The first kappa shape index (κ1) is 31.5. The zero-order chi connectivity index (χ0) is 30.3. The maximum Gasteiger partial charge on any atom is 0.334 e. The molecule has 0 radical (unpaired) electrons. The second kappa shape index (κ2) is 12.3. The molecule has 4 aliphatic rings. The van der Waals surface area contributed by atoms with Gasteiger partial charge < -0.3 is 4.74 Å². The van der Waals surface area contributed by atoms with E-state index in [0.29, 0.717) is 11.3 Å². The first-order valence-electron chi connectivity index (χ1n) is 16.7. The van der Waals surface area contributed by atoms with Gasteiger partial charge in [-0.3, -0.25) is 0 Å². The van der Waals surface area contributed by atoms with Crippen LogP contribution in [0.3, 0.4) is 0 Å². The lowest BCUT2D eigenvalue weighted by Crippen LogP contribution is -2.51. The van der Waals surface area contributed by atoms with Crippen molar-refractivity contribution >= 4 is 15.8 Å². The topological polar surface area (TPSA) is 60.4 Å². The molecule has 0 aliphatic heterocycles. The molecule has 3 fully saturated rings. The first-order valence-corrected chi connectivity index (χ1v) is 18.4. The molecule has 4 aliphatic carbocycles. The molecule has 1 aromatic rings. The van der Waals surface area contributed by atoms with Gasteiger partial charge in [-0.2, -0.15) is 0 Å². The minimum absolute atomic E-state index is 0.00524. The van der Waals surface area contributed by atoms with Crippen LogP contribution in [0.4, 0.5) is 0 Å². The highest BCUT2D eigenvalue weighted by molar-refractivity contribution is 7.91. The minimum atomic E-state index is -3.63. The highest BCUT2D eigenvalue weighted by Gasteiger charge is 2.59. The largest absolute Gasteiger partial charge is 0.459 e. The predicted molar refractivity (Wildman–Crippen MR) is 171 cm³/mol. The van der Waals surface area contributed by atoms with E-state index in [1.54, 1.807) is 30.3 Å². The zero-order valence-corrected chi connectivity index (χ0v) is 27.6. The zero-order valence-electron chi connectivity index (χ0n) is 26.7. The number of fused-ring (bicyclic) bond motifs is 5. The summed E-state index contributed by atoms with van der Waals surface area (Å²) in [5.41, 5.74) is 2.14. The van der Waals surface area contributed by atoms with E-state index in [-0.39, 0.29) is 22.0 Å². The predicted octanol–water partition coefficient (Wildman–Crippen LogP) is 8.97. The van der Waals surface area contributed by atoms with Crippen LogP contribution in [-0.2, 0) is 19.4 Å². The van der Waals surface area contributed by atoms with Gasteiger partial charge in [-0.1, -0.05) is 90.3 Å². The Morgan fingerprint density at radius 2 is 1.74 bits per heavy atom. The number of esters is 1. The molecule has 0 amide bonds. The van der Waals surface area contributed by atoms with Gasteiger partial charge in [0.15, 0.2) is 9.84 Å². The van der Waals surface area contributed by atoms with Gasteiger partial charge in [-0.15, -0.1) is 0 Å². The molecule has 0 spiro atoms. The average molecular weight is 595 g/mol. The van der Waals surface area contributed by atoms with Gasteiger partial charge >= 0.3 is 5.97 Å². The minimum Gasteiger partial charge on any atom is -0.459 e. The Morgan fingerprint density at radius 3 is 2.45 bits per heavy atom. The van der Waals surface area contributed by atoms with E-state index >= 15 is 0 Å². The monoisotopic (exact) mass is 594 g/mol. The molecule has 8 atom stereocenters. The summed E-state index contributed by atoms with van der Waals surface area (Å²) < 4.78 is 31.4. The Labute approximate surface area is 255 Å². The molecule has 3 saturated carbocycles. The van der Waals surface area contributed by atoms with E-state index in [4.69, 9.17) is 4.74 Å². The SMILES string of the molecule is C=C(CS(=O)(=O)c1ccccc1)C(=O)O[C@H]1CC[C@@]2(C)C(=CCC3[C@@H]4CC[C@H]([C@H](C)CCCC(C)C)[C@@]4(C)CC[C@@H]32)C1. The fourth-order valence-electron chi connectivity index (χ4n) is 9.99. The summed E-state index contributed by atoms with van der Waals surface area (Å²) in [4.78, 5) is 13.1. The van der Waals surface area contributed by atoms with Crippen LogP contribution in [0.15, 0.2) is 59.0 Å². The quantitative estimate of drug-likeness (QED) is 0.154. The van der Waals surface area contributed by atoms with Gasteiger partial charge in [0.1, 0.15) is 6.10 Å². The van der Waals surface area contributed by atoms with E-state index in [1.165, 1.54) is 50.5 Å². The van der Waals surface area contributed by atoms with E-state index in [0.717, 1.165) is 55.3 Å². The van der Waals surface area contributed by atoms with Gasteiger partial charge in [0, 0.05) is 12.0 Å². The molecular weight excluding hydrogens is 540 g/mol. The fourth-order valence-corrected chi connectivity index (χ4v) is 11.3. The molecule has 0 aromatic heterocycles. The number of carbonyl (C=O) groups excluding carboxylic acids is 1. The Bertz CT molecular complexity index is 1280. The Kier molecular flexibility index (Phi) is 9.20. The van der Waals surface area contributed by atoms with E-state index in [2.05, 4.69) is 47.3 Å². The molecule has 42 heavy (non-hydrogen) atoms. The summed E-state index contributed by atoms with van der Waals surface area (Å²) in [7, 11) is -3.63. The maximum absolute atomic E-state index is 12.9. The normalized spacial score (nSPS) is 35.0. The summed E-state index contributed by atoms with van der Waals surface area (Å²) >= 11 is 0. The lowest BCUT2D eigenvalue weighted by Gasteiger charge is -2.58. The summed E-state index contributed by atoms with van der Waals surface area (Å²) in [6, 6.07) is 8.24. The fraction of sp³-hybridized carbons (Fsp3) is 0.703. The van der Waals surface area contributed by atoms with Crippen LogP contribution in [0.5, 0.6) is 0 Å². The van der Waals surface area contributed by atoms with Crippen molar-refractivity contribution in [2.24, 2.45) is 46.3 Å². The van der Waals surface area contributed by atoms with Crippen LogP contribution in [0.1, 0.15) is 105 Å². The second-order valence-electron chi connectivity index (χ2n) is 15.2. The number of benzene rings is 1. The Morgan fingerprint density at radius 1 is 1.00 bits per heavy atom. The van der Waals surface area contributed by atoms with Crippen LogP contribution in [0.2, 0.25) is 0 Å². The van der Waals surface area contributed by atoms with Crippen LogP contribution in [0, 0.1) is 46.3 Å².